The monoisotopic (exact) mass is 557 g/mol. The van der Waals surface area contributed by atoms with Gasteiger partial charge in [0.25, 0.3) is 0 Å². The van der Waals surface area contributed by atoms with Gasteiger partial charge in [0, 0.05) is 4.90 Å². The van der Waals surface area contributed by atoms with Crippen LogP contribution in [-0.2, 0) is 10.1 Å². The zero-order valence-corrected chi connectivity index (χ0v) is 21.4. The maximum Gasteiger partial charge on any atom is 0.572 e. The summed E-state index contributed by atoms with van der Waals surface area (Å²) in [4.78, 5) is 1.68. The lowest BCUT2D eigenvalue weighted by Crippen LogP contribution is -2.30. The molecular weight excluding hydrogens is 538 g/mol. The number of thiophene rings is 1. The van der Waals surface area contributed by atoms with Crippen LogP contribution >= 0.6 is 33.4 Å². The number of halogens is 3. The van der Waals surface area contributed by atoms with E-state index in [9.17, 15) is 21.6 Å². The number of ether oxygens (including phenoxy) is 1. The average molecular weight is 558 g/mol. The number of hydrogen-bond acceptors (Lipinski definition) is 5. The summed E-state index contributed by atoms with van der Waals surface area (Å²) in [6, 6.07) is 27.4. The van der Waals surface area contributed by atoms with Gasteiger partial charge >= 0.3 is 15.6 Å². The molecule has 4 nitrogen and oxygen atoms in total. The number of rotatable bonds is 8. The van der Waals surface area contributed by atoms with Gasteiger partial charge in [-0.25, -0.2) is 0 Å². The maximum atomic E-state index is 13.6. The van der Waals surface area contributed by atoms with Crippen LogP contribution in [0, 0.1) is 0 Å². The summed E-state index contributed by atoms with van der Waals surface area (Å²) in [7, 11) is -7.39. The fourth-order valence-corrected chi connectivity index (χ4v) is 11.4. The van der Waals surface area contributed by atoms with Crippen molar-refractivity contribution in [3.8, 4) is 5.75 Å². The normalized spacial score (nSPS) is 12.9. The molecule has 11 heteroatoms. The molecule has 0 spiro atoms. The minimum Gasteiger partial charge on any atom is -0.497 e. The number of alkyl halides is 3. The molecule has 1 heterocycles. The van der Waals surface area contributed by atoms with Gasteiger partial charge in [-0.05, 0) is 60.7 Å². The molecule has 0 unspecified atom stereocenters. The second-order valence-corrected chi connectivity index (χ2v) is 14.3. The van der Waals surface area contributed by atoms with E-state index in [0.29, 0.717) is 19.7 Å². The van der Waals surface area contributed by atoms with E-state index < -0.39 is 25.9 Å². The maximum absolute atomic E-state index is 13.6. The van der Waals surface area contributed by atoms with E-state index in [2.05, 4.69) is 3.63 Å². The molecule has 4 aromatic rings. The van der Waals surface area contributed by atoms with Crippen molar-refractivity contribution in [1.29, 1.82) is 0 Å². The molecule has 0 saturated heterocycles. The fraction of sp³-hybridized carbons (Fsp3) is 0.0833. The van der Waals surface area contributed by atoms with Gasteiger partial charge in [0.2, 0.25) is 0 Å². The zero-order chi connectivity index (χ0) is 25.1. The van der Waals surface area contributed by atoms with Crippen LogP contribution in [0.1, 0.15) is 0 Å². The molecule has 184 valence electrons. The molecule has 0 fully saturated rings. The molecule has 0 atom stereocenters. The molecule has 4 rings (SSSR count). The zero-order valence-electron chi connectivity index (χ0n) is 18.2. The van der Waals surface area contributed by atoms with Gasteiger partial charge in [0.1, 0.15) is 9.96 Å². The highest BCUT2D eigenvalue weighted by Crippen LogP contribution is 2.70. The Labute approximate surface area is 211 Å². The number of methoxy groups -OCH3 is 1. The highest BCUT2D eigenvalue weighted by atomic mass is 32.3. The first-order chi connectivity index (χ1) is 16.7. The molecule has 0 saturated carbocycles. The fourth-order valence-electron chi connectivity index (χ4n) is 3.19. The summed E-state index contributed by atoms with van der Waals surface area (Å²) in [6.45, 7) is 0. The van der Waals surface area contributed by atoms with Crippen molar-refractivity contribution in [2.75, 3.05) is 7.11 Å². The van der Waals surface area contributed by atoms with Crippen molar-refractivity contribution < 1.29 is 30.0 Å². The Morgan fingerprint density at radius 2 is 1.34 bits per heavy atom. The first-order valence-electron chi connectivity index (χ1n) is 10.1. The lowest BCUT2D eigenvalue weighted by atomic mass is 10.3. The van der Waals surface area contributed by atoms with Crippen molar-refractivity contribution >= 4 is 43.5 Å². The summed E-state index contributed by atoms with van der Waals surface area (Å²) in [5.74, 6) is 0.703. The predicted molar refractivity (Wildman–Crippen MR) is 134 cm³/mol. The predicted octanol–water partition coefficient (Wildman–Crippen LogP) is 8.05. The molecule has 1 aromatic heterocycles. The van der Waals surface area contributed by atoms with Gasteiger partial charge < -0.3 is 4.74 Å². The summed E-state index contributed by atoms with van der Waals surface area (Å²) in [5.41, 5.74) is -5.52. The molecule has 35 heavy (non-hydrogen) atoms. The quantitative estimate of drug-likeness (QED) is 0.125. The Kier molecular flexibility index (Phi) is 7.53. The van der Waals surface area contributed by atoms with Crippen molar-refractivity contribution in [2.24, 2.45) is 0 Å². The van der Waals surface area contributed by atoms with Crippen LogP contribution in [0.15, 0.2) is 120 Å². The Morgan fingerprint density at radius 3 is 1.83 bits per heavy atom. The summed E-state index contributed by atoms with van der Waals surface area (Å²) >= 11 is 2.65. The van der Waals surface area contributed by atoms with Gasteiger partial charge in [-0.3, -0.25) is 3.63 Å². The molecule has 0 bridgehead atoms. The van der Waals surface area contributed by atoms with Crippen molar-refractivity contribution in [3.05, 3.63) is 97.1 Å². The van der Waals surface area contributed by atoms with Crippen LogP contribution in [0.4, 0.5) is 13.2 Å². The van der Waals surface area contributed by atoms with Crippen molar-refractivity contribution in [1.82, 2.24) is 0 Å². The molecule has 0 aliphatic rings. The summed E-state index contributed by atoms with van der Waals surface area (Å²) in [5, 5.41) is 0. The summed E-state index contributed by atoms with van der Waals surface area (Å²) in [6.07, 6.45) is 0. The highest BCUT2D eigenvalue weighted by molar-refractivity contribution is 8.33. The second-order valence-electron chi connectivity index (χ2n) is 7.05. The molecule has 3 aromatic carbocycles. The van der Waals surface area contributed by atoms with Crippen LogP contribution in [0.25, 0.3) is 0 Å². The Morgan fingerprint density at radius 1 is 0.800 bits per heavy atom. The van der Waals surface area contributed by atoms with Crippen LogP contribution < -0.4 is 4.74 Å². The van der Waals surface area contributed by atoms with Crippen molar-refractivity contribution in [2.45, 2.75) is 28.6 Å². The van der Waals surface area contributed by atoms with E-state index in [1.54, 1.807) is 79.9 Å². The van der Waals surface area contributed by atoms with Gasteiger partial charge in [0.15, 0.2) is 0 Å². The molecule has 0 aliphatic carbocycles. The van der Waals surface area contributed by atoms with E-state index in [-0.39, 0.29) is 0 Å². The third-order valence-corrected chi connectivity index (χ3v) is 12.7. The Bertz CT molecular complexity index is 1330. The first kappa shape index (κ1) is 25.6. The smallest absolute Gasteiger partial charge is 0.497 e. The number of hydrogen-bond donors (Lipinski definition) is 0. The lowest BCUT2D eigenvalue weighted by Gasteiger charge is -2.33. The van der Waals surface area contributed by atoms with Gasteiger partial charge in [0.05, 0.1) is 31.4 Å². The van der Waals surface area contributed by atoms with Crippen LogP contribution in [0.3, 0.4) is 0 Å². The van der Waals surface area contributed by atoms with E-state index in [1.165, 1.54) is 23.1 Å². The second kappa shape index (κ2) is 10.3. The Balaban J connectivity index is 1.87. The number of benzene rings is 3. The molecular formula is C24H20F3O4S4+. The van der Waals surface area contributed by atoms with E-state index in [4.69, 9.17) is 4.74 Å². The van der Waals surface area contributed by atoms with Gasteiger partial charge in [-0.2, -0.15) is 13.2 Å². The SMILES string of the molecule is COc1ccc(Sc2ccc(S([OH+]S(=O)(=O)C(F)(F)F)(c3ccccc3)c3ccccc3)s2)cc1. The van der Waals surface area contributed by atoms with Crippen LogP contribution in [0.2, 0.25) is 0 Å². The van der Waals surface area contributed by atoms with Crippen LogP contribution in [0.5, 0.6) is 5.75 Å². The first-order valence-corrected chi connectivity index (χ1v) is 14.7. The third kappa shape index (κ3) is 5.39. The lowest BCUT2D eigenvalue weighted by molar-refractivity contribution is -0.0540. The molecule has 0 amide bonds. The third-order valence-electron chi connectivity index (χ3n) is 4.80. The van der Waals surface area contributed by atoms with E-state index in [1.807, 2.05) is 24.3 Å². The standard InChI is InChI=1S/C24H19F3O4S4/c1-30-18-12-14-19(15-13-18)32-22-16-17-23(33-22)34(20-8-4-2-5-9-20,21-10-6-3-7-11-21)31-35(28,29)24(25,26)27/h2-17H,1H3/p+1. The van der Waals surface area contributed by atoms with E-state index in [0.717, 1.165) is 9.10 Å². The minimum absolute atomic E-state index is 0.391. The molecule has 1 N–H and O–H groups in total. The summed E-state index contributed by atoms with van der Waals surface area (Å²) < 4.78 is 75.8. The highest BCUT2D eigenvalue weighted by Gasteiger charge is 2.58. The van der Waals surface area contributed by atoms with Gasteiger partial charge in [-0.15, -0.1) is 19.8 Å². The molecule has 0 aliphatic heterocycles. The topological polar surface area (TPSA) is 56.2 Å². The van der Waals surface area contributed by atoms with Crippen LogP contribution in [-0.4, -0.2) is 24.7 Å². The largest absolute Gasteiger partial charge is 0.572 e. The average Bonchev–Trinajstić information content (AvgIpc) is 3.32. The molecule has 0 radical (unpaired) electrons. The Hall–Kier alpha value is -2.44. The van der Waals surface area contributed by atoms with Gasteiger partial charge in [-0.1, -0.05) is 48.2 Å². The van der Waals surface area contributed by atoms with Crippen molar-refractivity contribution in [3.63, 3.8) is 0 Å². The minimum atomic E-state index is -5.81. The van der Waals surface area contributed by atoms with E-state index >= 15 is 0 Å².